The van der Waals surface area contributed by atoms with Crippen molar-refractivity contribution in [3.05, 3.63) is 50.5 Å². The Balaban J connectivity index is 1.30. The topological polar surface area (TPSA) is 97.2 Å². The molecule has 0 atom stereocenters. The van der Waals surface area contributed by atoms with E-state index >= 15 is 0 Å². The Morgan fingerprint density at radius 2 is 1.91 bits per heavy atom. The van der Waals surface area contributed by atoms with Crippen LogP contribution in [0.15, 0.2) is 23.1 Å². The van der Waals surface area contributed by atoms with Crippen LogP contribution < -0.4 is 10.9 Å². The van der Waals surface area contributed by atoms with E-state index in [0.717, 1.165) is 42.6 Å². The molecule has 8 nitrogen and oxygen atoms in total. The Morgan fingerprint density at radius 1 is 1.12 bits per heavy atom. The molecule has 5 rings (SSSR count). The van der Waals surface area contributed by atoms with Crippen molar-refractivity contribution in [1.82, 2.24) is 19.4 Å². The van der Waals surface area contributed by atoms with E-state index in [1.807, 2.05) is 26.0 Å². The highest BCUT2D eigenvalue weighted by atomic mass is 32.1. The van der Waals surface area contributed by atoms with E-state index in [0.29, 0.717) is 53.4 Å². The molecule has 1 saturated heterocycles. The predicted octanol–water partition coefficient (Wildman–Crippen LogP) is 3.69. The summed E-state index contributed by atoms with van der Waals surface area (Å²) in [4.78, 5) is 51.3. The summed E-state index contributed by atoms with van der Waals surface area (Å²) >= 11 is 1.33. The lowest BCUT2D eigenvalue weighted by molar-refractivity contribution is -0.121. The first-order valence-electron chi connectivity index (χ1n) is 12.0. The molecule has 9 heteroatoms. The average Bonchev–Trinajstić information content (AvgIpc) is 2.99. The molecule has 3 aromatic rings. The minimum atomic E-state index is -0.156. The van der Waals surface area contributed by atoms with Crippen LogP contribution in [0.2, 0.25) is 0 Å². The van der Waals surface area contributed by atoms with E-state index in [1.54, 1.807) is 15.7 Å². The third-order valence-corrected chi connectivity index (χ3v) is 8.10. The number of carbonyl (C=O) groups excluding carboxylic acids is 2. The van der Waals surface area contributed by atoms with Crippen LogP contribution in [-0.4, -0.2) is 44.3 Å². The molecular weight excluding hydrogens is 450 g/mol. The van der Waals surface area contributed by atoms with Crippen molar-refractivity contribution in [3.63, 3.8) is 0 Å². The van der Waals surface area contributed by atoms with Crippen molar-refractivity contribution >= 4 is 39.2 Å². The number of hydrogen-bond acceptors (Lipinski definition) is 6. The SMILES string of the molecule is Cc1ccnc(NC(=O)C2CCN(C(=O)c3sc4nc5n(c(=O)c4c3C)CCCCC5)CC2)c1. The minimum Gasteiger partial charge on any atom is -0.338 e. The number of nitrogens with zero attached hydrogens (tertiary/aromatic N) is 4. The second-order valence-electron chi connectivity index (χ2n) is 9.31. The number of hydrogen-bond donors (Lipinski definition) is 1. The van der Waals surface area contributed by atoms with Gasteiger partial charge in [-0.05, 0) is 62.8 Å². The Labute approximate surface area is 202 Å². The molecule has 0 saturated carbocycles. The van der Waals surface area contributed by atoms with Crippen molar-refractivity contribution in [2.75, 3.05) is 18.4 Å². The molecule has 2 aliphatic rings. The van der Waals surface area contributed by atoms with E-state index in [4.69, 9.17) is 4.98 Å². The van der Waals surface area contributed by atoms with Crippen LogP contribution >= 0.6 is 11.3 Å². The van der Waals surface area contributed by atoms with Gasteiger partial charge in [0.05, 0.1) is 10.3 Å². The van der Waals surface area contributed by atoms with Crippen LogP contribution in [0.3, 0.4) is 0 Å². The summed E-state index contributed by atoms with van der Waals surface area (Å²) in [5, 5.41) is 3.48. The average molecular weight is 480 g/mol. The number of carbonyl (C=O) groups is 2. The first-order valence-corrected chi connectivity index (χ1v) is 12.8. The van der Waals surface area contributed by atoms with Gasteiger partial charge in [-0.1, -0.05) is 6.42 Å². The van der Waals surface area contributed by atoms with Gasteiger partial charge >= 0.3 is 0 Å². The number of aromatic nitrogens is 3. The molecule has 1 N–H and O–H groups in total. The maximum absolute atomic E-state index is 13.4. The second-order valence-corrected chi connectivity index (χ2v) is 10.3. The zero-order valence-corrected chi connectivity index (χ0v) is 20.4. The highest BCUT2D eigenvalue weighted by Gasteiger charge is 2.30. The zero-order chi connectivity index (χ0) is 23.8. The van der Waals surface area contributed by atoms with E-state index in [9.17, 15) is 14.4 Å². The number of thiophene rings is 1. The third-order valence-electron chi connectivity index (χ3n) is 6.93. The summed E-state index contributed by atoms with van der Waals surface area (Å²) in [6.45, 7) is 5.53. The maximum atomic E-state index is 13.4. The van der Waals surface area contributed by atoms with E-state index < -0.39 is 0 Å². The fourth-order valence-electron chi connectivity index (χ4n) is 4.94. The molecule has 0 unspecified atom stereocenters. The predicted molar refractivity (Wildman–Crippen MR) is 132 cm³/mol. The number of nitrogens with one attached hydrogen (secondary N) is 1. The molecule has 3 aromatic heterocycles. The first-order chi connectivity index (χ1) is 16.4. The van der Waals surface area contributed by atoms with Gasteiger partial charge in [-0.2, -0.15) is 0 Å². The summed E-state index contributed by atoms with van der Waals surface area (Å²) in [5.41, 5.74) is 1.75. The molecule has 2 aliphatic heterocycles. The molecule has 0 radical (unpaired) electrons. The lowest BCUT2D eigenvalue weighted by Crippen LogP contribution is -2.41. The van der Waals surface area contributed by atoms with Crippen LogP contribution in [0, 0.1) is 19.8 Å². The fraction of sp³-hybridized carbons (Fsp3) is 0.480. The summed E-state index contributed by atoms with van der Waals surface area (Å²) in [6, 6.07) is 3.73. The van der Waals surface area contributed by atoms with Gasteiger partial charge in [0.25, 0.3) is 11.5 Å². The van der Waals surface area contributed by atoms with E-state index in [-0.39, 0.29) is 23.3 Å². The van der Waals surface area contributed by atoms with Crippen LogP contribution in [0.1, 0.15) is 58.7 Å². The maximum Gasteiger partial charge on any atom is 0.264 e. The normalized spacial score (nSPS) is 16.8. The molecule has 0 aromatic carbocycles. The molecule has 0 bridgehead atoms. The summed E-state index contributed by atoms with van der Waals surface area (Å²) in [6.07, 6.45) is 6.81. The quantitative estimate of drug-likeness (QED) is 0.618. The standard InChI is InChI=1S/C25H29N5O3S/c1-15-7-10-26-18(14-15)27-22(31)17-8-12-29(13-9-17)25(33)21-16(2)20-23(34-21)28-19-6-4-3-5-11-30(19)24(20)32/h7,10,14,17H,3-6,8-9,11-13H2,1-2H3,(H,26,27,31). The molecular formula is C25H29N5O3S. The van der Waals surface area contributed by atoms with Gasteiger partial charge in [0.2, 0.25) is 5.91 Å². The molecule has 178 valence electrons. The highest BCUT2D eigenvalue weighted by Crippen LogP contribution is 2.31. The Hall–Kier alpha value is -3.07. The number of anilines is 1. The van der Waals surface area contributed by atoms with Gasteiger partial charge in [0, 0.05) is 38.2 Å². The Morgan fingerprint density at radius 3 is 2.68 bits per heavy atom. The molecule has 0 spiro atoms. The van der Waals surface area contributed by atoms with Gasteiger partial charge in [-0.15, -0.1) is 11.3 Å². The molecule has 34 heavy (non-hydrogen) atoms. The first kappa shape index (κ1) is 22.7. The Bertz CT molecular complexity index is 1320. The van der Waals surface area contributed by atoms with Gasteiger partial charge in [-0.25, -0.2) is 9.97 Å². The van der Waals surface area contributed by atoms with E-state index in [1.165, 1.54) is 11.3 Å². The van der Waals surface area contributed by atoms with Crippen molar-refractivity contribution in [1.29, 1.82) is 0 Å². The third kappa shape index (κ3) is 4.24. The van der Waals surface area contributed by atoms with E-state index in [2.05, 4.69) is 10.3 Å². The van der Waals surface area contributed by atoms with Crippen molar-refractivity contribution < 1.29 is 9.59 Å². The van der Waals surface area contributed by atoms with Crippen molar-refractivity contribution in [2.45, 2.75) is 58.9 Å². The summed E-state index contributed by atoms with van der Waals surface area (Å²) in [7, 11) is 0. The number of piperidine rings is 1. The highest BCUT2D eigenvalue weighted by molar-refractivity contribution is 7.20. The molecule has 1 fully saturated rings. The fourth-order valence-corrected chi connectivity index (χ4v) is 6.09. The van der Waals surface area contributed by atoms with Crippen LogP contribution in [0.25, 0.3) is 10.2 Å². The van der Waals surface area contributed by atoms with Gasteiger partial charge in [0.15, 0.2) is 0 Å². The second kappa shape index (κ2) is 9.29. The summed E-state index contributed by atoms with van der Waals surface area (Å²) in [5.74, 6) is 1.12. The van der Waals surface area contributed by atoms with Crippen LogP contribution in [-0.2, 0) is 17.8 Å². The van der Waals surface area contributed by atoms with Crippen LogP contribution in [0.4, 0.5) is 5.82 Å². The lowest BCUT2D eigenvalue weighted by atomic mass is 9.95. The number of pyridine rings is 1. The molecule has 5 heterocycles. The smallest absolute Gasteiger partial charge is 0.264 e. The number of likely N-dealkylation sites (tertiary alicyclic amines) is 1. The minimum absolute atomic E-state index is 0.0187. The number of fused-ring (bicyclic) bond motifs is 2. The zero-order valence-electron chi connectivity index (χ0n) is 19.6. The monoisotopic (exact) mass is 479 g/mol. The summed E-state index contributed by atoms with van der Waals surface area (Å²) < 4.78 is 1.80. The largest absolute Gasteiger partial charge is 0.338 e. The number of rotatable bonds is 3. The molecule has 2 amide bonds. The van der Waals surface area contributed by atoms with Crippen LogP contribution in [0.5, 0.6) is 0 Å². The van der Waals surface area contributed by atoms with Crippen molar-refractivity contribution in [2.24, 2.45) is 5.92 Å². The Kier molecular flexibility index (Phi) is 6.20. The van der Waals surface area contributed by atoms with Gasteiger partial charge in [-0.3, -0.25) is 19.0 Å². The van der Waals surface area contributed by atoms with Gasteiger partial charge < -0.3 is 10.2 Å². The van der Waals surface area contributed by atoms with Crippen molar-refractivity contribution in [3.8, 4) is 0 Å². The number of amides is 2. The molecule has 0 aliphatic carbocycles. The number of aryl methyl sites for hydroxylation is 3. The van der Waals surface area contributed by atoms with Gasteiger partial charge in [0.1, 0.15) is 16.5 Å². The lowest BCUT2D eigenvalue weighted by Gasteiger charge is -2.31.